The zero-order valence-electron chi connectivity index (χ0n) is 20.9. The molecule has 0 unspecified atom stereocenters. The van der Waals surface area contributed by atoms with Crippen molar-refractivity contribution in [3.63, 3.8) is 0 Å². The van der Waals surface area contributed by atoms with Gasteiger partial charge in [0.1, 0.15) is 23.4 Å². The first-order valence-corrected chi connectivity index (χ1v) is 13.2. The monoisotopic (exact) mass is 552 g/mol. The fourth-order valence-corrected chi connectivity index (χ4v) is 5.98. The molecule has 2 saturated heterocycles. The first-order valence-electron chi connectivity index (χ1n) is 12.4. The zero-order chi connectivity index (χ0) is 26.4. The fraction of sp³-hybridized carbons (Fsp3) is 0.333. The summed E-state index contributed by atoms with van der Waals surface area (Å²) >= 11 is 12.6. The maximum absolute atomic E-state index is 11.9. The Morgan fingerprint density at radius 2 is 1.87 bits per heavy atom. The number of rotatable bonds is 6. The van der Waals surface area contributed by atoms with Crippen LogP contribution in [0.5, 0.6) is 5.75 Å². The lowest BCUT2D eigenvalue weighted by Crippen LogP contribution is -2.73. The summed E-state index contributed by atoms with van der Waals surface area (Å²) in [5.74, 6) is 1.59. The second-order valence-corrected chi connectivity index (χ2v) is 10.7. The summed E-state index contributed by atoms with van der Waals surface area (Å²) in [6.45, 7) is 7.36. The van der Waals surface area contributed by atoms with Crippen LogP contribution < -0.4 is 9.64 Å². The number of benzene rings is 1. The molecule has 2 aliphatic rings. The number of hydrogen-bond acceptors (Lipinski definition) is 7. The average Bonchev–Trinajstić information content (AvgIpc) is 3.26. The third kappa shape index (κ3) is 4.39. The second-order valence-electron chi connectivity index (χ2n) is 9.87. The van der Waals surface area contributed by atoms with Crippen molar-refractivity contribution in [3.8, 4) is 17.0 Å². The number of halogens is 2. The molecule has 3 aromatic heterocycles. The van der Waals surface area contributed by atoms with Crippen molar-refractivity contribution in [3.05, 3.63) is 64.5 Å². The molecule has 0 aliphatic carbocycles. The lowest BCUT2D eigenvalue weighted by molar-refractivity contribution is -0.0196. The van der Waals surface area contributed by atoms with Gasteiger partial charge in [-0.25, -0.2) is 9.78 Å². The minimum absolute atomic E-state index is 0.157. The van der Waals surface area contributed by atoms with E-state index in [-0.39, 0.29) is 17.6 Å². The minimum atomic E-state index is -0.369. The van der Waals surface area contributed by atoms with E-state index in [1.807, 2.05) is 50.4 Å². The van der Waals surface area contributed by atoms with Gasteiger partial charge in [-0.15, -0.1) is 0 Å². The topological polar surface area (TPSA) is 96.5 Å². The van der Waals surface area contributed by atoms with Crippen LogP contribution in [-0.2, 0) is 4.74 Å². The Balaban J connectivity index is 1.14. The summed E-state index contributed by atoms with van der Waals surface area (Å²) in [4.78, 5) is 24.6. The molecule has 0 bridgehead atoms. The van der Waals surface area contributed by atoms with Gasteiger partial charge in [0.2, 0.25) is 0 Å². The SMILES string of the molecule is CCOC(=O)N1CC2(C1)CN(c1ccc(-c3n[nH]c4ccc(O[C@H](C)c5c(Cl)cncc5Cl)cc34)cn1)C2. The molecule has 1 aromatic carbocycles. The van der Waals surface area contributed by atoms with E-state index in [4.69, 9.17) is 37.7 Å². The molecule has 0 saturated carbocycles. The lowest BCUT2D eigenvalue weighted by Gasteiger charge is -2.59. The van der Waals surface area contributed by atoms with Crippen LogP contribution in [0.4, 0.5) is 10.6 Å². The van der Waals surface area contributed by atoms with Crippen molar-refractivity contribution < 1.29 is 14.3 Å². The highest BCUT2D eigenvalue weighted by Crippen LogP contribution is 2.42. The number of nitrogens with zero attached hydrogens (tertiary/aromatic N) is 5. The number of anilines is 1. The molecule has 1 amide bonds. The van der Waals surface area contributed by atoms with Gasteiger partial charge in [0, 0.05) is 66.7 Å². The number of aromatic amines is 1. The van der Waals surface area contributed by atoms with Gasteiger partial charge in [0.25, 0.3) is 0 Å². The first-order chi connectivity index (χ1) is 18.4. The molecule has 0 radical (unpaired) electrons. The van der Waals surface area contributed by atoms with E-state index in [0.29, 0.717) is 28.0 Å². The maximum atomic E-state index is 11.9. The number of ether oxygens (including phenoxy) is 2. The average molecular weight is 553 g/mol. The van der Waals surface area contributed by atoms with Crippen LogP contribution in [-0.4, -0.2) is 63.9 Å². The summed E-state index contributed by atoms with van der Waals surface area (Å²) in [5, 5.41) is 9.47. The highest BCUT2D eigenvalue weighted by atomic mass is 35.5. The number of pyridine rings is 2. The van der Waals surface area contributed by atoms with Crippen molar-refractivity contribution in [1.29, 1.82) is 0 Å². The molecular weight excluding hydrogens is 527 g/mol. The summed E-state index contributed by atoms with van der Waals surface area (Å²) in [6.07, 6.45) is 4.36. The Kier molecular flexibility index (Phi) is 6.28. The Labute approximate surface area is 229 Å². The number of hydrogen-bond donors (Lipinski definition) is 1. The highest BCUT2D eigenvalue weighted by molar-refractivity contribution is 6.35. The number of nitrogens with one attached hydrogen (secondary N) is 1. The highest BCUT2D eigenvalue weighted by Gasteiger charge is 2.54. The second kappa shape index (κ2) is 9.63. The van der Waals surface area contributed by atoms with Crippen LogP contribution >= 0.6 is 23.2 Å². The standard InChI is InChI=1S/C27H26Cl2N6O3/c1-3-37-26(36)35-14-27(15-35)12-34(13-27)23-7-4-17(9-31-23)25-19-8-18(5-6-22(19)32-33-25)38-16(2)24-20(28)10-30-11-21(24)29/h4-11,16H,3,12-15H2,1-2H3,(H,32,33)/t16-/m1/s1. The Bertz CT molecular complexity index is 1470. The molecule has 9 nitrogen and oxygen atoms in total. The molecule has 1 N–H and O–H groups in total. The third-order valence-corrected chi connectivity index (χ3v) is 7.72. The smallest absolute Gasteiger partial charge is 0.409 e. The van der Waals surface area contributed by atoms with Gasteiger partial charge in [0.15, 0.2) is 0 Å². The van der Waals surface area contributed by atoms with Crippen molar-refractivity contribution in [2.45, 2.75) is 20.0 Å². The quantitative estimate of drug-likeness (QED) is 0.325. The molecule has 4 aromatic rings. The number of carbonyl (C=O) groups is 1. The maximum Gasteiger partial charge on any atom is 0.409 e. The van der Waals surface area contributed by atoms with E-state index < -0.39 is 0 Å². The van der Waals surface area contributed by atoms with Crippen LogP contribution in [0, 0.1) is 5.41 Å². The van der Waals surface area contributed by atoms with E-state index >= 15 is 0 Å². The zero-order valence-corrected chi connectivity index (χ0v) is 22.5. The Morgan fingerprint density at radius 3 is 2.55 bits per heavy atom. The number of amides is 1. The summed E-state index contributed by atoms with van der Waals surface area (Å²) in [6, 6.07) is 9.81. The van der Waals surface area contributed by atoms with Gasteiger partial charge >= 0.3 is 6.09 Å². The summed E-state index contributed by atoms with van der Waals surface area (Å²) in [7, 11) is 0. The third-order valence-electron chi connectivity index (χ3n) is 7.12. The van der Waals surface area contributed by atoms with E-state index in [1.165, 1.54) is 0 Å². The Morgan fingerprint density at radius 1 is 1.11 bits per heavy atom. The van der Waals surface area contributed by atoms with Crippen molar-refractivity contribution in [1.82, 2.24) is 25.1 Å². The predicted molar refractivity (Wildman–Crippen MR) is 146 cm³/mol. The number of fused-ring (bicyclic) bond motifs is 1. The van der Waals surface area contributed by atoms with Crippen LogP contribution in [0.15, 0.2) is 48.9 Å². The van der Waals surface area contributed by atoms with Crippen LogP contribution in [0.1, 0.15) is 25.5 Å². The first kappa shape index (κ1) is 24.8. The van der Waals surface area contributed by atoms with E-state index in [1.54, 1.807) is 17.3 Å². The molecule has 11 heteroatoms. The van der Waals surface area contributed by atoms with Gasteiger partial charge in [-0.2, -0.15) is 5.10 Å². The van der Waals surface area contributed by atoms with Gasteiger partial charge in [0.05, 0.1) is 22.2 Å². The lowest BCUT2D eigenvalue weighted by atomic mass is 9.73. The fourth-order valence-electron chi connectivity index (χ4n) is 5.31. The molecule has 2 fully saturated rings. The van der Waals surface area contributed by atoms with E-state index in [2.05, 4.69) is 20.1 Å². The number of carbonyl (C=O) groups excluding carboxylic acids is 1. The molecular formula is C27H26Cl2N6O3. The molecule has 38 heavy (non-hydrogen) atoms. The van der Waals surface area contributed by atoms with Gasteiger partial charge in [-0.3, -0.25) is 10.1 Å². The Hall–Kier alpha value is -3.56. The molecule has 2 aliphatic heterocycles. The number of aromatic nitrogens is 4. The van der Waals surface area contributed by atoms with E-state index in [9.17, 15) is 4.79 Å². The van der Waals surface area contributed by atoms with E-state index in [0.717, 1.165) is 54.2 Å². The molecule has 1 atom stereocenters. The molecule has 6 rings (SSSR count). The van der Waals surface area contributed by atoms with Crippen molar-refractivity contribution in [2.75, 3.05) is 37.7 Å². The van der Waals surface area contributed by atoms with Crippen LogP contribution in [0.25, 0.3) is 22.2 Å². The van der Waals surface area contributed by atoms with Crippen molar-refractivity contribution in [2.24, 2.45) is 5.41 Å². The van der Waals surface area contributed by atoms with Crippen molar-refractivity contribution >= 4 is 46.0 Å². The molecule has 5 heterocycles. The normalized spacial score (nSPS) is 16.7. The largest absolute Gasteiger partial charge is 0.486 e. The van der Waals surface area contributed by atoms with Crippen LogP contribution in [0.3, 0.4) is 0 Å². The number of likely N-dealkylation sites (tertiary alicyclic amines) is 1. The van der Waals surface area contributed by atoms with Gasteiger partial charge < -0.3 is 19.3 Å². The van der Waals surface area contributed by atoms with Gasteiger partial charge in [-0.05, 0) is 44.2 Å². The molecule has 196 valence electrons. The molecule has 1 spiro atoms. The summed E-state index contributed by atoms with van der Waals surface area (Å²) < 4.78 is 11.3. The van der Waals surface area contributed by atoms with Gasteiger partial charge in [-0.1, -0.05) is 23.2 Å². The number of H-pyrrole nitrogens is 1. The predicted octanol–water partition coefficient (Wildman–Crippen LogP) is 5.75. The minimum Gasteiger partial charge on any atom is -0.486 e. The summed E-state index contributed by atoms with van der Waals surface area (Å²) in [5.41, 5.74) is 3.44. The van der Waals surface area contributed by atoms with Crippen LogP contribution in [0.2, 0.25) is 10.0 Å².